The zero-order valence-electron chi connectivity index (χ0n) is 16.0. The molecule has 3 unspecified atom stereocenters. The predicted octanol–water partition coefficient (Wildman–Crippen LogP) is 4.25. The number of carbonyl (C=O) groups is 1. The summed E-state index contributed by atoms with van der Waals surface area (Å²) in [4.78, 5) is 13.3. The van der Waals surface area contributed by atoms with E-state index in [2.05, 4.69) is 5.32 Å². The van der Waals surface area contributed by atoms with Gasteiger partial charge >= 0.3 is 0 Å². The Morgan fingerprint density at radius 2 is 1.54 bits per heavy atom. The van der Waals surface area contributed by atoms with Crippen molar-refractivity contribution in [2.24, 2.45) is 17.6 Å². The number of fused-ring (bicyclic) bond motifs is 2. The van der Waals surface area contributed by atoms with Gasteiger partial charge in [-0.05, 0) is 49.7 Å². The number of para-hydroxylation sites is 1. The number of halogens is 1. The Morgan fingerprint density at radius 3 is 2.14 bits per heavy atom. The summed E-state index contributed by atoms with van der Waals surface area (Å²) < 4.78 is 6.11. The van der Waals surface area contributed by atoms with E-state index in [1.54, 1.807) is 0 Å². The van der Waals surface area contributed by atoms with Gasteiger partial charge in [0, 0.05) is 17.6 Å². The number of hydrogen-bond donors (Lipinski definition) is 2. The van der Waals surface area contributed by atoms with E-state index >= 15 is 0 Å². The Balaban J connectivity index is 0.00000225. The van der Waals surface area contributed by atoms with Gasteiger partial charge in [-0.1, -0.05) is 55.0 Å². The van der Waals surface area contributed by atoms with Crippen molar-refractivity contribution in [2.45, 2.75) is 50.3 Å². The third-order valence-electron chi connectivity index (χ3n) is 6.02. The number of hydrogen-bond acceptors (Lipinski definition) is 3. The quantitative estimate of drug-likeness (QED) is 0.788. The van der Waals surface area contributed by atoms with Crippen molar-refractivity contribution in [3.63, 3.8) is 0 Å². The lowest BCUT2D eigenvalue weighted by atomic mass is 9.67. The van der Waals surface area contributed by atoms with Crippen LogP contribution in [0.5, 0.6) is 5.75 Å². The number of rotatable bonds is 5. The van der Waals surface area contributed by atoms with Crippen LogP contribution in [0.1, 0.15) is 43.8 Å². The van der Waals surface area contributed by atoms with Crippen LogP contribution in [-0.2, 0) is 4.79 Å². The fourth-order valence-corrected chi connectivity index (χ4v) is 4.80. The highest BCUT2D eigenvalue weighted by Gasteiger charge is 2.41. The van der Waals surface area contributed by atoms with E-state index in [1.165, 1.54) is 6.42 Å². The summed E-state index contributed by atoms with van der Waals surface area (Å²) in [5.41, 5.74) is 7.11. The van der Waals surface area contributed by atoms with Crippen LogP contribution in [0, 0.1) is 11.8 Å². The molecule has 2 aromatic rings. The van der Waals surface area contributed by atoms with Crippen LogP contribution in [0.25, 0.3) is 0 Å². The molecule has 150 valence electrons. The zero-order valence-corrected chi connectivity index (χ0v) is 16.8. The smallest absolute Gasteiger partial charge is 0.266 e. The van der Waals surface area contributed by atoms with Gasteiger partial charge in [0.1, 0.15) is 5.75 Å². The fourth-order valence-electron chi connectivity index (χ4n) is 4.80. The molecular weight excluding hydrogens is 372 g/mol. The minimum absolute atomic E-state index is 0. The third-order valence-corrected chi connectivity index (χ3v) is 6.02. The van der Waals surface area contributed by atoms with Crippen LogP contribution in [0.15, 0.2) is 60.7 Å². The predicted molar refractivity (Wildman–Crippen MR) is 113 cm³/mol. The van der Waals surface area contributed by atoms with E-state index in [1.807, 2.05) is 60.7 Å². The molecular formula is C23H29ClN2O2. The van der Waals surface area contributed by atoms with E-state index in [9.17, 15) is 4.79 Å². The summed E-state index contributed by atoms with van der Waals surface area (Å²) in [6, 6.07) is 19.8. The Hall–Kier alpha value is -2.04. The van der Waals surface area contributed by atoms with Gasteiger partial charge in [0.25, 0.3) is 5.91 Å². The maximum absolute atomic E-state index is 13.3. The van der Waals surface area contributed by atoms with E-state index in [0.29, 0.717) is 17.6 Å². The van der Waals surface area contributed by atoms with Gasteiger partial charge in [-0.25, -0.2) is 0 Å². The summed E-state index contributed by atoms with van der Waals surface area (Å²) in [6.45, 7) is 0. The molecule has 0 radical (unpaired) electrons. The van der Waals surface area contributed by atoms with Gasteiger partial charge in [-0.15, -0.1) is 12.4 Å². The molecule has 2 aliphatic carbocycles. The topological polar surface area (TPSA) is 64.3 Å². The van der Waals surface area contributed by atoms with Gasteiger partial charge in [-0.2, -0.15) is 0 Å². The highest BCUT2D eigenvalue weighted by molar-refractivity contribution is 5.85. The molecule has 2 aliphatic rings. The SMILES string of the molecule is Cl.NC1CC2CCCC(C1)C2NC(=O)C(Oc1ccccc1)c1ccccc1. The second kappa shape index (κ2) is 9.44. The van der Waals surface area contributed by atoms with E-state index in [-0.39, 0.29) is 30.4 Å². The van der Waals surface area contributed by atoms with Crippen LogP contribution in [0.3, 0.4) is 0 Å². The normalized spacial score (nSPS) is 27.2. The molecule has 2 bridgehead atoms. The molecule has 2 saturated carbocycles. The van der Waals surface area contributed by atoms with Crippen molar-refractivity contribution in [3.05, 3.63) is 66.2 Å². The molecule has 0 aliphatic heterocycles. The first kappa shape index (κ1) is 20.7. The number of nitrogens with two attached hydrogens (primary N) is 1. The van der Waals surface area contributed by atoms with Crippen molar-refractivity contribution in [1.82, 2.24) is 5.32 Å². The molecule has 2 fully saturated rings. The van der Waals surface area contributed by atoms with Crippen molar-refractivity contribution >= 4 is 18.3 Å². The van der Waals surface area contributed by atoms with Gasteiger partial charge in [-0.3, -0.25) is 4.79 Å². The first-order chi connectivity index (χ1) is 13.2. The summed E-state index contributed by atoms with van der Waals surface area (Å²) in [7, 11) is 0. The van der Waals surface area contributed by atoms with Crippen molar-refractivity contribution in [1.29, 1.82) is 0 Å². The molecule has 5 heteroatoms. The Labute approximate surface area is 173 Å². The zero-order chi connectivity index (χ0) is 18.6. The van der Waals surface area contributed by atoms with Crippen LogP contribution in [-0.4, -0.2) is 18.0 Å². The molecule has 4 nitrogen and oxygen atoms in total. The second-order valence-electron chi connectivity index (χ2n) is 7.94. The number of carbonyl (C=O) groups excluding carboxylic acids is 1. The molecule has 2 aromatic carbocycles. The Kier molecular flexibility index (Phi) is 6.97. The van der Waals surface area contributed by atoms with E-state index < -0.39 is 6.10 Å². The summed E-state index contributed by atoms with van der Waals surface area (Å²) in [5, 5.41) is 3.34. The molecule has 0 spiro atoms. The van der Waals surface area contributed by atoms with E-state index in [0.717, 1.165) is 31.2 Å². The molecule has 0 aromatic heterocycles. The first-order valence-electron chi connectivity index (χ1n) is 10.0. The van der Waals surface area contributed by atoms with Gasteiger partial charge in [0.05, 0.1) is 0 Å². The number of amides is 1. The average Bonchev–Trinajstić information content (AvgIpc) is 2.68. The highest BCUT2D eigenvalue weighted by atomic mass is 35.5. The summed E-state index contributed by atoms with van der Waals surface area (Å²) in [5.74, 6) is 1.63. The standard InChI is InChI=1S/C23H28N2O2.ClH/c24-19-14-17-10-7-11-18(15-19)21(17)25-23(26)22(16-8-3-1-4-9-16)27-20-12-5-2-6-13-20;/h1-6,8-9,12-13,17-19,21-22H,7,10-11,14-15,24H2,(H,25,26);1H. The summed E-state index contributed by atoms with van der Waals surface area (Å²) >= 11 is 0. The van der Waals surface area contributed by atoms with Crippen molar-refractivity contribution in [3.8, 4) is 5.75 Å². The number of benzene rings is 2. The molecule has 4 rings (SSSR count). The molecule has 1 amide bonds. The minimum Gasteiger partial charge on any atom is -0.476 e. The van der Waals surface area contributed by atoms with Crippen LogP contribution in [0.2, 0.25) is 0 Å². The molecule has 3 atom stereocenters. The first-order valence-corrected chi connectivity index (χ1v) is 10.0. The number of ether oxygens (including phenoxy) is 1. The maximum atomic E-state index is 13.3. The molecule has 3 N–H and O–H groups in total. The third kappa shape index (κ3) is 4.68. The fraction of sp³-hybridized carbons (Fsp3) is 0.435. The van der Waals surface area contributed by atoms with Gasteiger partial charge in [0.2, 0.25) is 6.10 Å². The van der Waals surface area contributed by atoms with Crippen molar-refractivity contribution < 1.29 is 9.53 Å². The lowest BCUT2D eigenvalue weighted by Gasteiger charge is -2.45. The Bertz CT molecular complexity index is 742. The van der Waals surface area contributed by atoms with Crippen molar-refractivity contribution in [2.75, 3.05) is 0 Å². The van der Waals surface area contributed by atoms with Crippen LogP contribution in [0.4, 0.5) is 0 Å². The largest absolute Gasteiger partial charge is 0.476 e. The Morgan fingerprint density at radius 1 is 0.964 bits per heavy atom. The highest BCUT2D eigenvalue weighted by Crippen LogP contribution is 2.40. The molecule has 0 saturated heterocycles. The lowest BCUT2D eigenvalue weighted by Crippen LogP contribution is -2.54. The lowest BCUT2D eigenvalue weighted by molar-refractivity contribution is -0.130. The van der Waals surface area contributed by atoms with E-state index in [4.69, 9.17) is 10.5 Å². The van der Waals surface area contributed by atoms with Gasteiger partial charge < -0.3 is 15.8 Å². The maximum Gasteiger partial charge on any atom is 0.266 e. The number of nitrogens with one attached hydrogen (secondary N) is 1. The molecule has 28 heavy (non-hydrogen) atoms. The van der Waals surface area contributed by atoms with Crippen LogP contribution >= 0.6 is 12.4 Å². The minimum atomic E-state index is -0.648. The second-order valence-corrected chi connectivity index (χ2v) is 7.94. The average molecular weight is 401 g/mol. The molecule has 0 heterocycles. The monoisotopic (exact) mass is 400 g/mol. The van der Waals surface area contributed by atoms with Crippen LogP contribution < -0.4 is 15.8 Å². The summed E-state index contributed by atoms with van der Waals surface area (Å²) in [6.07, 6.45) is 4.94. The van der Waals surface area contributed by atoms with Gasteiger partial charge in [0.15, 0.2) is 0 Å².